The van der Waals surface area contributed by atoms with Crippen molar-refractivity contribution in [3.63, 3.8) is 0 Å². The molecular weight excluding hydrogens is 336 g/mol. The molecule has 0 saturated carbocycles. The Bertz CT molecular complexity index is 577. The SMILES string of the molecule is COc1cccc(C(Sc2ncccc2Br)C(C)N)c1. The van der Waals surface area contributed by atoms with E-state index in [1.54, 1.807) is 25.1 Å². The fourth-order valence-electron chi connectivity index (χ4n) is 1.88. The van der Waals surface area contributed by atoms with Gasteiger partial charge < -0.3 is 10.5 Å². The number of ether oxygens (including phenoxy) is 1. The quantitative estimate of drug-likeness (QED) is 0.825. The molecule has 5 heteroatoms. The van der Waals surface area contributed by atoms with Gasteiger partial charge in [-0.15, -0.1) is 0 Å². The summed E-state index contributed by atoms with van der Waals surface area (Å²) in [5.74, 6) is 0.842. The first-order valence-corrected chi connectivity index (χ1v) is 7.96. The van der Waals surface area contributed by atoms with Crippen LogP contribution in [0.1, 0.15) is 17.7 Å². The van der Waals surface area contributed by atoms with E-state index in [4.69, 9.17) is 10.5 Å². The fourth-order valence-corrected chi connectivity index (χ4v) is 3.45. The Hall–Kier alpha value is -1.04. The number of halogens is 1. The number of thioether (sulfide) groups is 1. The average Bonchev–Trinajstić information content (AvgIpc) is 2.46. The highest BCUT2D eigenvalue weighted by atomic mass is 79.9. The van der Waals surface area contributed by atoms with Crippen LogP contribution in [0.25, 0.3) is 0 Å². The predicted molar refractivity (Wildman–Crippen MR) is 87.2 cm³/mol. The highest BCUT2D eigenvalue weighted by molar-refractivity contribution is 9.10. The lowest BCUT2D eigenvalue weighted by Crippen LogP contribution is -2.22. The number of nitrogens with zero attached hydrogens (tertiary/aromatic N) is 1. The van der Waals surface area contributed by atoms with Crippen LogP contribution < -0.4 is 10.5 Å². The highest BCUT2D eigenvalue weighted by Crippen LogP contribution is 2.39. The van der Waals surface area contributed by atoms with Gasteiger partial charge in [-0.05, 0) is 52.7 Å². The second-order valence-corrected chi connectivity index (χ2v) is 6.45. The zero-order chi connectivity index (χ0) is 14.5. The minimum Gasteiger partial charge on any atom is -0.497 e. The van der Waals surface area contributed by atoms with E-state index in [-0.39, 0.29) is 11.3 Å². The molecule has 0 aliphatic heterocycles. The smallest absolute Gasteiger partial charge is 0.119 e. The van der Waals surface area contributed by atoms with Crippen molar-refractivity contribution in [2.24, 2.45) is 5.73 Å². The third kappa shape index (κ3) is 3.75. The molecule has 0 aliphatic rings. The standard InChI is InChI=1S/C15H17BrN2OS/c1-10(17)14(11-5-3-6-12(9-11)19-2)20-15-13(16)7-4-8-18-15/h3-10,14H,17H2,1-2H3. The van der Waals surface area contributed by atoms with Crippen LogP contribution in [-0.2, 0) is 0 Å². The van der Waals surface area contributed by atoms with E-state index in [0.29, 0.717) is 0 Å². The molecule has 0 spiro atoms. The molecule has 0 bridgehead atoms. The molecule has 1 aromatic carbocycles. The van der Waals surface area contributed by atoms with Gasteiger partial charge in [0.15, 0.2) is 0 Å². The first-order valence-electron chi connectivity index (χ1n) is 6.28. The summed E-state index contributed by atoms with van der Waals surface area (Å²) in [5, 5.41) is 1.06. The Morgan fingerprint density at radius 2 is 2.10 bits per heavy atom. The fraction of sp³-hybridized carbons (Fsp3) is 0.267. The molecule has 2 atom stereocenters. The summed E-state index contributed by atoms with van der Waals surface area (Å²) < 4.78 is 6.27. The van der Waals surface area contributed by atoms with Crippen molar-refractivity contribution < 1.29 is 4.74 Å². The molecule has 0 aliphatic carbocycles. The number of hydrogen-bond donors (Lipinski definition) is 1. The second kappa shape index (κ2) is 7.11. The van der Waals surface area contributed by atoms with Gasteiger partial charge in [0, 0.05) is 16.7 Å². The van der Waals surface area contributed by atoms with E-state index in [9.17, 15) is 0 Å². The summed E-state index contributed by atoms with van der Waals surface area (Å²) in [5.41, 5.74) is 7.29. The molecule has 106 valence electrons. The third-order valence-electron chi connectivity index (χ3n) is 2.86. The molecule has 0 saturated heterocycles. The first kappa shape index (κ1) is 15.4. The number of rotatable bonds is 5. The molecule has 1 aromatic heterocycles. The van der Waals surface area contributed by atoms with Crippen LogP contribution in [0, 0.1) is 0 Å². The zero-order valence-electron chi connectivity index (χ0n) is 11.4. The van der Waals surface area contributed by atoms with Crippen molar-refractivity contribution in [2.75, 3.05) is 7.11 Å². The Balaban J connectivity index is 2.29. The van der Waals surface area contributed by atoms with Crippen LogP contribution in [0.3, 0.4) is 0 Å². The molecule has 2 aromatic rings. The summed E-state index contributed by atoms with van der Waals surface area (Å²) in [6, 6.07) is 11.9. The lowest BCUT2D eigenvalue weighted by molar-refractivity contribution is 0.414. The van der Waals surface area contributed by atoms with Crippen molar-refractivity contribution in [2.45, 2.75) is 23.2 Å². The Kier molecular flexibility index (Phi) is 5.46. The number of methoxy groups -OCH3 is 1. The van der Waals surface area contributed by atoms with Crippen molar-refractivity contribution in [3.8, 4) is 5.75 Å². The summed E-state index contributed by atoms with van der Waals surface area (Å²) in [7, 11) is 1.67. The van der Waals surface area contributed by atoms with Crippen molar-refractivity contribution in [1.82, 2.24) is 4.98 Å². The molecule has 3 nitrogen and oxygen atoms in total. The maximum absolute atomic E-state index is 6.15. The van der Waals surface area contributed by atoms with E-state index >= 15 is 0 Å². The Labute approximate surface area is 132 Å². The highest BCUT2D eigenvalue weighted by Gasteiger charge is 2.20. The number of aromatic nitrogens is 1. The number of hydrogen-bond acceptors (Lipinski definition) is 4. The van der Waals surface area contributed by atoms with E-state index in [2.05, 4.69) is 27.0 Å². The predicted octanol–water partition coefficient (Wildman–Crippen LogP) is 4.03. The minimum absolute atomic E-state index is 0.000937. The maximum Gasteiger partial charge on any atom is 0.119 e. The summed E-state index contributed by atoms with van der Waals surface area (Å²) in [4.78, 5) is 4.40. The van der Waals surface area contributed by atoms with E-state index in [1.165, 1.54) is 0 Å². The molecule has 2 N–H and O–H groups in total. The van der Waals surface area contributed by atoms with Crippen molar-refractivity contribution in [1.29, 1.82) is 0 Å². The second-order valence-electron chi connectivity index (χ2n) is 4.46. The largest absolute Gasteiger partial charge is 0.497 e. The number of nitrogens with two attached hydrogens (primary N) is 1. The molecule has 2 rings (SSSR count). The van der Waals surface area contributed by atoms with Crippen LogP contribution in [0.2, 0.25) is 0 Å². The van der Waals surface area contributed by atoms with Crippen molar-refractivity contribution >= 4 is 27.7 Å². The van der Waals surface area contributed by atoms with E-state index in [0.717, 1.165) is 20.8 Å². The van der Waals surface area contributed by atoms with Crippen LogP contribution in [0.15, 0.2) is 52.1 Å². The van der Waals surface area contributed by atoms with Crippen molar-refractivity contribution in [3.05, 3.63) is 52.6 Å². The van der Waals surface area contributed by atoms with Crippen LogP contribution >= 0.6 is 27.7 Å². The lowest BCUT2D eigenvalue weighted by atomic mass is 10.1. The summed E-state index contributed by atoms with van der Waals surface area (Å²) in [6.45, 7) is 2.01. The monoisotopic (exact) mass is 352 g/mol. The Morgan fingerprint density at radius 3 is 2.75 bits per heavy atom. The van der Waals surface area contributed by atoms with Gasteiger partial charge in [-0.1, -0.05) is 23.9 Å². The molecule has 1 heterocycles. The molecule has 0 fully saturated rings. The summed E-state index contributed by atoms with van der Waals surface area (Å²) in [6.07, 6.45) is 1.79. The normalized spacial score (nSPS) is 13.8. The van der Waals surface area contributed by atoms with Crippen LogP contribution in [0.5, 0.6) is 5.75 Å². The molecule has 0 amide bonds. The van der Waals surface area contributed by atoms with E-state index < -0.39 is 0 Å². The average molecular weight is 353 g/mol. The molecule has 20 heavy (non-hydrogen) atoms. The number of pyridine rings is 1. The third-order valence-corrected chi connectivity index (χ3v) is 5.27. The van der Waals surface area contributed by atoms with Gasteiger partial charge in [-0.25, -0.2) is 4.98 Å². The Morgan fingerprint density at radius 1 is 1.30 bits per heavy atom. The van der Waals surface area contributed by atoms with Gasteiger partial charge in [0.25, 0.3) is 0 Å². The first-order chi connectivity index (χ1) is 9.61. The minimum atomic E-state index is 0.000937. The van der Waals surface area contributed by atoms with Crippen LogP contribution in [-0.4, -0.2) is 18.1 Å². The lowest BCUT2D eigenvalue weighted by Gasteiger charge is -2.21. The molecule has 0 radical (unpaired) electrons. The summed E-state index contributed by atoms with van der Waals surface area (Å²) >= 11 is 5.18. The topological polar surface area (TPSA) is 48.1 Å². The van der Waals surface area contributed by atoms with Gasteiger partial charge in [0.2, 0.25) is 0 Å². The van der Waals surface area contributed by atoms with Gasteiger partial charge in [0.05, 0.1) is 12.4 Å². The van der Waals surface area contributed by atoms with Gasteiger partial charge in [0.1, 0.15) is 10.8 Å². The maximum atomic E-state index is 6.15. The number of benzene rings is 1. The van der Waals surface area contributed by atoms with Gasteiger partial charge in [-0.2, -0.15) is 0 Å². The van der Waals surface area contributed by atoms with Gasteiger partial charge >= 0.3 is 0 Å². The molecular formula is C15H17BrN2OS. The molecule has 2 unspecified atom stereocenters. The van der Waals surface area contributed by atoms with Gasteiger partial charge in [-0.3, -0.25) is 0 Å². The van der Waals surface area contributed by atoms with Crippen LogP contribution in [0.4, 0.5) is 0 Å². The van der Waals surface area contributed by atoms with E-state index in [1.807, 2.05) is 37.3 Å². The zero-order valence-corrected chi connectivity index (χ0v) is 13.8.